The smallest absolute Gasteiger partial charge is 0.133 e. The minimum absolute atomic E-state index is 0.196. The van der Waals surface area contributed by atoms with E-state index in [0.717, 1.165) is 29.4 Å². The summed E-state index contributed by atoms with van der Waals surface area (Å²) < 4.78 is 13.4. The lowest BCUT2D eigenvalue weighted by atomic mass is 10.1. The van der Waals surface area contributed by atoms with Crippen LogP contribution in [0.2, 0.25) is 0 Å². The van der Waals surface area contributed by atoms with Crippen LogP contribution in [-0.4, -0.2) is 16.5 Å². The Morgan fingerprint density at radius 2 is 1.95 bits per heavy atom. The van der Waals surface area contributed by atoms with Gasteiger partial charge in [0.1, 0.15) is 17.5 Å². The molecule has 0 aliphatic heterocycles. The van der Waals surface area contributed by atoms with Crippen LogP contribution in [-0.2, 0) is 0 Å². The Morgan fingerprint density at radius 1 is 1.20 bits per heavy atom. The fourth-order valence-electron chi connectivity index (χ4n) is 1.95. The average molecular weight is 273 g/mol. The first-order valence-corrected chi connectivity index (χ1v) is 6.90. The van der Waals surface area contributed by atoms with Crippen molar-refractivity contribution in [1.82, 2.24) is 9.97 Å². The van der Waals surface area contributed by atoms with Crippen molar-refractivity contribution in [2.24, 2.45) is 0 Å². The number of hydrogen-bond donors (Lipinski definition) is 1. The first-order chi connectivity index (χ1) is 9.51. The normalized spacial score (nSPS) is 10.9. The number of rotatable bonds is 4. The predicted octanol–water partition coefficient (Wildman–Crippen LogP) is 4.15. The second-order valence-corrected chi connectivity index (χ2v) is 5.15. The van der Waals surface area contributed by atoms with Gasteiger partial charge < -0.3 is 5.32 Å². The van der Waals surface area contributed by atoms with E-state index in [1.165, 1.54) is 6.07 Å². The third kappa shape index (κ3) is 3.13. The molecule has 0 radical (unpaired) electrons. The number of anilines is 1. The lowest BCUT2D eigenvalue weighted by molar-refractivity contribution is 0.618. The van der Waals surface area contributed by atoms with Gasteiger partial charge in [-0.15, -0.1) is 0 Å². The molecule has 2 rings (SSSR count). The number of aromatic nitrogens is 2. The minimum atomic E-state index is -0.196. The predicted molar refractivity (Wildman–Crippen MR) is 80.4 cm³/mol. The maximum absolute atomic E-state index is 13.4. The average Bonchev–Trinajstić information content (AvgIpc) is 2.42. The molecule has 1 heterocycles. The van der Waals surface area contributed by atoms with Gasteiger partial charge in [-0.3, -0.25) is 0 Å². The van der Waals surface area contributed by atoms with Crippen molar-refractivity contribution in [1.29, 1.82) is 0 Å². The second kappa shape index (κ2) is 5.99. The van der Waals surface area contributed by atoms with Gasteiger partial charge in [-0.1, -0.05) is 13.8 Å². The Bertz CT molecular complexity index is 609. The maximum Gasteiger partial charge on any atom is 0.133 e. The monoisotopic (exact) mass is 273 g/mol. The van der Waals surface area contributed by atoms with Crippen LogP contribution in [0.4, 0.5) is 10.2 Å². The van der Waals surface area contributed by atoms with E-state index in [4.69, 9.17) is 0 Å². The molecular formula is C16H20FN3. The molecule has 1 N–H and O–H groups in total. The Kier molecular flexibility index (Phi) is 4.32. The molecular weight excluding hydrogens is 253 g/mol. The number of halogens is 1. The van der Waals surface area contributed by atoms with Crippen LogP contribution in [0.5, 0.6) is 0 Å². The van der Waals surface area contributed by atoms with Gasteiger partial charge in [0.05, 0.1) is 5.69 Å². The molecule has 0 bridgehead atoms. The Balaban J connectivity index is 2.51. The van der Waals surface area contributed by atoms with Gasteiger partial charge >= 0.3 is 0 Å². The minimum Gasteiger partial charge on any atom is -0.370 e. The molecule has 106 valence electrons. The summed E-state index contributed by atoms with van der Waals surface area (Å²) in [5, 5.41) is 3.21. The van der Waals surface area contributed by atoms with Crippen LogP contribution in [0.1, 0.15) is 38.1 Å². The molecule has 0 saturated heterocycles. The molecule has 0 saturated carbocycles. The summed E-state index contributed by atoms with van der Waals surface area (Å²) in [6.07, 6.45) is 0. The second-order valence-electron chi connectivity index (χ2n) is 5.15. The number of hydrogen-bond acceptors (Lipinski definition) is 3. The van der Waals surface area contributed by atoms with Crippen molar-refractivity contribution < 1.29 is 4.39 Å². The summed E-state index contributed by atoms with van der Waals surface area (Å²) >= 11 is 0. The van der Waals surface area contributed by atoms with E-state index in [2.05, 4.69) is 29.1 Å². The summed E-state index contributed by atoms with van der Waals surface area (Å²) in [6, 6.07) is 6.96. The largest absolute Gasteiger partial charge is 0.370 e. The highest BCUT2D eigenvalue weighted by atomic mass is 19.1. The van der Waals surface area contributed by atoms with Gasteiger partial charge in [0, 0.05) is 24.1 Å². The van der Waals surface area contributed by atoms with Crippen molar-refractivity contribution in [3.63, 3.8) is 0 Å². The molecule has 20 heavy (non-hydrogen) atoms. The summed E-state index contributed by atoms with van der Waals surface area (Å²) in [6.45, 7) is 8.71. The molecule has 4 heteroatoms. The molecule has 2 aromatic rings. The summed E-state index contributed by atoms with van der Waals surface area (Å²) in [5.41, 5.74) is 2.35. The maximum atomic E-state index is 13.4. The lowest BCUT2D eigenvalue weighted by Crippen LogP contribution is -2.06. The first kappa shape index (κ1) is 14.4. The van der Waals surface area contributed by atoms with Crippen LogP contribution in [0.25, 0.3) is 11.3 Å². The number of nitrogens with zero attached hydrogens (tertiary/aromatic N) is 2. The van der Waals surface area contributed by atoms with Gasteiger partial charge in [-0.05, 0) is 37.6 Å². The zero-order chi connectivity index (χ0) is 14.7. The topological polar surface area (TPSA) is 37.8 Å². The van der Waals surface area contributed by atoms with Crippen LogP contribution in [0, 0.1) is 12.7 Å². The molecule has 1 aromatic carbocycles. The van der Waals surface area contributed by atoms with Crippen molar-refractivity contribution in [3.05, 3.63) is 41.5 Å². The molecule has 0 atom stereocenters. The van der Waals surface area contributed by atoms with Crippen LogP contribution < -0.4 is 5.32 Å². The van der Waals surface area contributed by atoms with E-state index in [-0.39, 0.29) is 11.7 Å². The molecule has 0 aliphatic carbocycles. The van der Waals surface area contributed by atoms with Crippen LogP contribution >= 0.6 is 0 Å². The van der Waals surface area contributed by atoms with E-state index in [1.807, 2.05) is 19.1 Å². The van der Waals surface area contributed by atoms with Crippen molar-refractivity contribution in [2.75, 3.05) is 11.9 Å². The third-order valence-electron chi connectivity index (χ3n) is 3.07. The Morgan fingerprint density at radius 3 is 2.55 bits per heavy atom. The highest BCUT2D eigenvalue weighted by molar-refractivity contribution is 5.63. The molecule has 3 nitrogen and oxygen atoms in total. The molecule has 0 fully saturated rings. The van der Waals surface area contributed by atoms with Gasteiger partial charge in [-0.2, -0.15) is 0 Å². The SMILES string of the molecule is CCNc1cc(-c2ccc(F)c(C)c2)nc(C(C)C)n1. The van der Waals surface area contributed by atoms with Crippen LogP contribution in [0.15, 0.2) is 24.3 Å². The molecule has 1 aromatic heterocycles. The number of aryl methyl sites for hydroxylation is 1. The van der Waals surface area contributed by atoms with Crippen molar-refractivity contribution in [2.45, 2.75) is 33.6 Å². The zero-order valence-corrected chi connectivity index (χ0v) is 12.4. The summed E-state index contributed by atoms with van der Waals surface area (Å²) in [5.74, 6) is 1.65. The third-order valence-corrected chi connectivity index (χ3v) is 3.07. The van der Waals surface area contributed by atoms with Gasteiger partial charge in [0.15, 0.2) is 0 Å². The van der Waals surface area contributed by atoms with E-state index >= 15 is 0 Å². The van der Waals surface area contributed by atoms with E-state index in [1.54, 1.807) is 13.0 Å². The fourth-order valence-corrected chi connectivity index (χ4v) is 1.95. The highest BCUT2D eigenvalue weighted by Gasteiger charge is 2.10. The first-order valence-electron chi connectivity index (χ1n) is 6.90. The standard InChI is InChI=1S/C16H20FN3/c1-5-18-15-9-14(19-16(20-15)10(2)3)12-6-7-13(17)11(4)8-12/h6-10H,5H2,1-4H3,(H,18,19,20). The molecule has 0 spiro atoms. The van der Waals surface area contributed by atoms with E-state index in [0.29, 0.717) is 5.56 Å². The number of nitrogens with one attached hydrogen (secondary N) is 1. The zero-order valence-electron chi connectivity index (χ0n) is 12.4. The molecule has 0 amide bonds. The highest BCUT2D eigenvalue weighted by Crippen LogP contribution is 2.24. The lowest BCUT2D eigenvalue weighted by Gasteiger charge is -2.11. The van der Waals surface area contributed by atoms with Crippen molar-refractivity contribution >= 4 is 5.82 Å². The summed E-state index contributed by atoms with van der Waals surface area (Å²) in [7, 11) is 0. The summed E-state index contributed by atoms with van der Waals surface area (Å²) in [4.78, 5) is 9.07. The number of benzene rings is 1. The van der Waals surface area contributed by atoms with E-state index < -0.39 is 0 Å². The van der Waals surface area contributed by atoms with Gasteiger partial charge in [-0.25, -0.2) is 14.4 Å². The van der Waals surface area contributed by atoms with Gasteiger partial charge in [0.25, 0.3) is 0 Å². The van der Waals surface area contributed by atoms with Gasteiger partial charge in [0.2, 0.25) is 0 Å². The molecule has 0 aliphatic rings. The molecule has 0 unspecified atom stereocenters. The van der Waals surface area contributed by atoms with E-state index in [9.17, 15) is 4.39 Å². The fraction of sp³-hybridized carbons (Fsp3) is 0.375. The quantitative estimate of drug-likeness (QED) is 0.909. The Hall–Kier alpha value is -1.97. The van der Waals surface area contributed by atoms with Crippen molar-refractivity contribution in [3.8, 4) is 11.3 Å². The Labute approximate surface area is 119 Å². The van der Waals surface area contributed by atoms with Crippen LogP contribution in [0.3, 0.4) is 0 Å².